The van der Waals surface area contributed by atoms with Crippen LogP contribution in [0.2, 0.25) is 5.02 Å². The van der Waals surface area contributed by atoms with Gasteiger partial charge in [-0.2, -0.15) is 0 Å². The van der Waals surface area contributed by atoms with E-state index in [0.717, 1.165) is 4.47 Å². The van der Waals surface area contributed by atoms with Crippen molar-refractivity contribution in [2.75, 3.05) is 11.9 Å². The fraction of sp³-hybridized carbons (Fsp3) is 0.118. The number of hydrogen-bond donors (Lipinski definition) is 0. The Morgan fingerprint density at radius 3 is 2.70 bits per heavy atom. The van der Waals surface area contributed by atoms with E-state index < -0.39 is 0 Å². The Hall–Kier alpha value is -1.85. The first-order valence-corrected chi connectivity index (χ1v) is 7.97. The summed E-state index contributed by atoms with van der Waals surface area (Å²) in [6.45, 7) is 1.73. The van der Waals surface area contributed by atoms with Crippen LogP contribution < -0.4 is 4.90 Å². The summed E-state index contributed by atoms with van der Waals surface area (Å²) in [6, 6.07) is 9.42. The Balaban J connectivity index is 2.04. The molecular formula is C17H12BrClFNO2. The van der Waals surface area contributed by atoms with Crippen molar-refractivity contribution < 1.29 is 13.6 Å². The van der Waals surface area contributed by atoms with Crippen LogP contribution in [0.5, 0.6) is 0 Å². The first-order valence-electron chi connectivity index (χ1n) is 6.80. The smallest absolute Gasteiger partial charge is 0.294 e. The summed E-state index contributed by atoms with van der Waals surface area (Å²) in [7, 11) is 1.62. The second-order valence-corrected chi connectivity index (χ2v) is 6.48. The van der Waals surface area contributed by atoms with Crippen molar-refractivity contribution >= 4 is 50.1 Å². The van der Waals surface area contributed by atoms with Gasteiger partial charge >= 0.3 is 0 Å². The summed E-state index contributed by atoms with van der Waals surface area (Å²) in [5, 5.41) is 1.03. The van der Waals surface area contributed by atoms with Gasteiger partial charge in [0.05, 0.1) is 10.7 Å². The van der Waals surface area contributed by atoms with Crippen molar-refractivity contribution in [3.63, 3.8) is 0 Å². The van der Waals surface area contributed by atoms with Gasteiger partial charge in [-0.3, -0.25) is 4.79 Å². The second-order valence-electron chi connectivity index (χ2n) is 5.16. The molecule has 0 fully saturated rings. The van der Waals surface area contributed by atoms with E-state index in [0.29, 0.717) is 27.2 Å². The Kier molecular flexibility index (Phi) is 4.17. The van der Waals surface area contributed by atoms with Crippen molar-refractivity contribution in [3.8, 4) is 0 Å². The van der Waals surface area contributed by atoms with E-state index in [2.05, 4.69) is 15.9 Å². The fourth-order valence-corrected chi connectivity index (χ4v) is 3.21. The molecule has 0 saturated carbocycles. The number of carbonyl (C=O) groups is 1. The summed E-state index contributed by atoms with van der Waals surface area (Å²) >= 11 is 9.52. The Labute approximate surface area is 145 Å². The van der Waals surface area contributed by atoms with E-state index in [1.54, 1.807) is 32.2 Å². The zero-order chi connectivity index (χ0) is 16.7. The summed E-state index contributed by atoms with van der Waals surface area (Å²) in [5.41, 5.74) is 1.64. The molecule has 118 valence electrons. The van der Waals surface area contributed by atoms with E-state index >= 15 is 0 Å². The molecule has 1 aromatic heterocycles. The molecule has 0 aliphatic heterocycles. The molecule has 0 aliphatic rings. The minimum Gasteiger partial charge on any atom is -0.451 e. The number of fused-ring (bicyclic) bond motifs is 1. The quantitative estimate of drug-likeness (QED) is 0.567. The van der Waals surface area contributed by atoms with Gasteiger partial charge in [-0.05, 0) is 43.3 Å². The van der Waals surface area contributed by atoms with Crippen molar-refractivity contribution in [2.24, 2.45) is 0 Å². The third kappa shape index (κ3) is 2.86. The van der Waals surface area contributed by atoms with E-state index in [1.807, 2.05) is 0 Å². The number of amides is 1. The average molecular weight is 397 g/mol. The van der Waals surface area contributed by atoms with Gasteiger partial charge in [-0.15, -0.1) is 0 Å². The molecule has 0 radical (unpaired) electrons. The van der Waals surface area contributed by atoms with Crippen LogP contribution in [0.4, 0.5) is 10.1 Å². The highest BCUT2D eigenvalue weighted by atomic mass is 79.9. The normalized spacial score (nSPS) is 11.0. The maximum atomic E-state index is 13.4. The van der Waals surface area contributed by atoms with Crippen molar-refractivity contribution in [1.82, 2.24) is 0 Å². The van der Waals surface area contributed by atoms with Crippen LogP contribution in [-0.2, 0) is 0 Å². The maximum absolute atomic E-state index is 13.4. The summed E-state index contributed by atoms with van der Waals surface area (Å²) in [4.78, 5) is 14.1. The third-order valence-electron chi connectivity index (χ3n) is 3.67. The second kappa shape index (κ2) is 5.98. The van der Waals surface area contributed by atoms with Gasteiger partial charge in [0, 0.05) is 22.5 Å². The van der Waals surface area contributed by atoms with E-state index in [4.69, 9.17) is 16.0 Å². The molecular weight excluding hydrogens is 385 g/mol. The minimum atomic E-state index is -0.371. The van der Waals surface area contributed by atoms with Gasteiger partial charge in [0.2, 0.25) is 0 Å². The zero-order valence-electron chi connectivity index (χ0n) is 12.4. The standard InChI is InChI=1S/C17H12BrClFNO2/c1-9-12-8-11(20)4-6-15(12)23-16(9)17(22)21(2)14-5-3-10(18)7-13(14)19/h3-8H,1-2H3. The van der Waals surface area contributed by atoms with E-state index in [9.17, 15) is 9.18 Å². The highest BCUT2D eigenvalue weighted by Crippen LogP contribution is 2.31. The number of halogens is 3. The van der Waals surface area contributed by atoms with Crippen molar-refractivity contribution in [2.45, 2.75) is 6.92 Å². The molecule has 0 aliphatic carbocycles. The topological polar surface area (TPSA) is 33.5 Å². The van der Waals surface area contributed by atoms with Gasteiger partial charge < -0.3 is 9.32 Å². The molecule has 3 aromatic rings. The lowest BCUT2D eigenvalue weighted by Gasteiger charge is -2.18. The van der Waals surface area contributed by atoms with Gasteiger partial charge in [0.1, 0.15) is 11.4 Å². The summed E-state index contributed by atoms with van der Waals surface area (Å²) < 4.78 is 19.8. The average Bonchev–Trinajstić information content (AvgIpc) is 2.83. The molecule has 0 unspecified atom stereocenters. The lowest BCUT2D eigenvalue weighted by molar-refractivity contribution is 0.0968. The Morgan fingerprint density at radius 2 is 2.00 bits per heavy atom. The first kappa shape index (κ1) is 16.0. The number of nitrogens with zero attached hydrogens (tertiary/aromatic N) is 1. The van der Waals surface area contributed by atoms with Crippen molar-refractivity contribution in [1.29, 1.82) is 0 Å². The lowest BCUT2D eigenvalue weighted by atomic mass is 10.1. The number of carbonyl (C=O) groups excluding carboxylic acids is 1. The van der Waals surface area contributed by atoms with Crippen LogP contribution in [0.15, 0.2) is 45.3 Å². The summed E-state index contributed by atoms with van der Waals surface area (Å²) in [5.74, 6) is -0.542. The van der Waals surface area contributed by atoms with Crippen LogP contribution in [0.3, 0.4) is 0 Å². The number of aryl methyl sites for hydroxylation is 1. The van der Waals surface area contributed by atoms with Gasteiger partial charge in [0.25, 0.3) is 5.91 Å². The molecule has 0 N–H and O–H groups in total. The van der Waals surface area contributed by atoms with Crippen LogP contribution in [0.1, 0.15) is 16.1 Å². The molecule has 6 heteroatoms. The number of hydrogen-bond acceptors (Lipinski definition) is 2. The molecule has 0 saturated heterocycles. The summed E-state index contributed by atoms with van der Waals surface area (Å²) in [6.07, 6.45) is 0. The van der Waals surface area contributed by atoms with Crippen LogP contribution >= 0.6 is 27.5 Å². The Bertz CT molecular complexity index is 922. The number of rotatable bonds is 2. The largest absolute Gasteiger partial charge is 0.451 e. The molecule has 0 atom stereocenters. The maximum Gasteiger partial charge on any atom is 0.294 e. The van der Waals surface area contributed by atoms with E-state index in [-0.39, 0.29) is 17.5 Å². The van der Waals surface area contributed by atoms with Crippen LogP contribution in [0, 0.1) is 12.7 Å². The first-order chi connectivity index (χ1) is 10.9. The highest BCUT2D eigenvalue weighted by molar-refractivity contribution is 9.10. The van der Waals surface area contributed by atoms with Crippen LogP contribution in [-0.4, -0.2) is 13.0 Å². The SMILES string of the molecule is Cc1c(C(=O)N(C)c2ccc(Br)cc2Cl)oc2ccc(F)cc12. The molecule has 3 rings (SSSR count). The Morgan fingerprint density at radius 1 is 1.26 bits per heavy atom. The minimum absolute atomic E-state index is 0.173. The predicted octanol–water partition coefficient (Wildman–Crippen LogP) is 5.57. The molecule has 3 nitrogen and oxygen atoms in total. The third-order valence-corrected chi connectivity index (χ3v) is 4.46. The molecule has 1 heterocycles. The van der Waals surface area contributed by atoms with Gasteiger partial charge in [-0.25, -0.2) is 4.39 Å². The van der Waals surface area contributed by atoms with Gasteiger partial charge in [-0.1, -0.05) is 27.5 Å². The monoisotopic (exact) mass is 395 g/mol. The van der Waals surface area contributed by atoms with Gasteiger partial charge in [0.15, 0.2) is 5.76 Å². The zero-order valence-corrected chi connectivity index (χ0v) is 14.7. The van der Waals surface area contributed by atoms with Crippen LogP contribution in [0.25, 0.3) is 11.0 Å². The number of furan rings is 1. The molecule has 1 amide bonds. The highest BCUT2D eigenvalue weighted by Gasteiger charge is 2.23. The molecule has 0 spiro atoms. The molecule has 2 aromatic carbocycles. The van der Waals surface area contributed by atoms with E-state index in [1.165, 1.54) is 23.1 Å². The predicted molar refractivity (Wildman–Crippen MR) is 92.8 cm³/mol. The number of anilines is 1. The van der Waals surface area contributed by atoms with Crippen molar-refractivity contribution in [3.05, 3.63) is 63.0 Å². The fourth-order valence-electron chi connectivity index (χ4n) is 2.41. The molecule has 0 bridgehead atoms. The number of benzene rings is 2. The lowest BCUT2D eigenvalue weighted by Crippen LogP contribution is -2.26. The molecule has 23 heavy (non-hydrogen) atoms.